The number of halogens is 1. The van der Waals surface area contributed by atoms with Gasteiger partial charge in [-0.1, -0.05) is 53.3 Å². The van der Waals surface area contributed by atoms with E-state index >= 15 is 0 Å². The Morgan fingerprint density at radius 1 is 1.14 bits per heavy atom. The molecule has 2 aromatic carbocycles. The smallest absolute Gasteiger partial charge is 0.294 e. The van der Waals surface area contributed by atoms with Crippen molar-refractivity contribution in [1.82, 2.24) is 9.88 Å². The average Bonchev–Trinajstić information content (AvgIpc) is 3.19. The van der Waals surface area contributed by atoms with Gasteiger partial charge in [0.15, 0.2) is 5.13 Å². The first-order chi connectivity index (χ1) is 13.5. The molecule has 3 amide bonds. The molecule has 28 heavy (non-hydrogen) atoms. The van der Waals surface area contributed by atoms with Gasteiger partial charge in [0.25, 0.3) is 11.1 Å². The van der Waals surface area contributed by atoms with E-state index in [-0.39, 0.29) is 11.4 Å². The van der Waals surface area contributed by atoms with E-state index in [9.17, 15) is 14.4 Å². The van der Waals surface area contributed by atoms with Crippen LogP contribution >= 0.6 is 34.7 Å². The number of nitrogens with zero attached hydrogens (tertiary/aromatic N) is 2. The number of nitrogens with one attached hydrogen (secondary N) is 1. The molecule has 0 aliphatic carbocycles. The van der Waals surface area contributed by atoms with E-state index in [1.165, 1.54) is 11.3 Å². The SMILES string of the molecule is O=C(CN1C(=O)SC(=Cc2ccccc2Cl)C1=O)Nc1nc2ccccc2s1. The second kappa shape index (κ2) is 7.75. The summed E-state index contributed by atoms with van der Waals surface area (Å²) in [6.07, 6.45) is 1.55. The number of hydrogen-bond acceptors (Lipinski definition) is 6. The van der Waals surface area contributed by atoms with E-state index in [0.29, 0.717) is 15.7 Å². The van der Waals surface area contributed by atoms with Crippen LogP contribution in [0.1, 0.15) is 5.56 Å². The van der Waals surface area contributed by atoms with E-state index in [1.807, 2.05) is 24.3 Å². The number of hydrogen-bond donors (Lipinski definition) is 1. The highest BCUT2D eigenvalue weighted by molar-refractivity contribution is 8.18. The van der Waals surface area contributed by atoms with Gasteiger partial charge in [0.1, 0.15) is 6.54 Å². The molecule has 1 saturated heterocycles. The lowest BCUT2D eigenvalue weighted by Crippen LogP contribution is -2.36. The van der Waals surface area contributed by atoms with E-state index in [0.717, 1.165) is 26.9 Å². The summed E-state index contributed by atoms with van der Waals surface area (Å²) >= 11 is 8.21. The van der Waals surface area contributed by atoms with Gasteiger partial charge in [-0.3, -0.25) is 19.3 Å². The minimum absolute atomic E-state index is 0.228. The number of thioether (sulfide) groups is 1. The van der Waals surface area contributed by atoms with Crippen LogP contribution in [0.15, 0.2) is 53.4 Å². The topological polar surface area (TPSA) is 79.4 Å². The van der Waals surface area contributed by atoms with Crippen LogP contribution in [-0.2, 0) is 9.59 Å². The van der Waals surface area contributed by atoms with Gasteiger partial charge in [-0.25, -0.2) is 4.98 Å². The molecule has 0 atom stereocenters. The maximum atomic E-state index is 12.5. The largest absolute Gasteiger partial charge is 0.300 e. The fraction of sp³-hybridized carbons (Fsp3) is 0.0526. The van der Waals surface area contributed by atoms with E-state index in [1.54, 1.807) is 30.3 Å². The summed E-state index contributed by atoms with van der Waals surface area (Å²) in [5.74, 6) is -1.00. The molecule has 0 spiro atoms. The predicted molar refractivity (Wildman–Crippen MR) is 112 cm³/mol. The number of amides is 3. The van der Waals surface area contributed by atoms with E-state index < -0.39 is 17.1 Å². The molecular formula is C19H12ClN3O3S2. The maximum Gasteiger partial charge on any atom is 0.294 e. The zero-order chi connectivity index (χ0) is 19.7. The zero-order valence-corrected chi connectivity index (χ0v) is 16.6. The van der Waals surface area contributed by atoms with Crippen molar-refractivity contribution in [1.29, 1.82) is 0 Å². The first-order valence-corrected chi connectivity index (χ1v) is 10.2. The number of imide groups is 1. The third-order valence-electron chi connectivity index (χ3n) is 3.91. The molecule has 6 nitrogen and oxygen atoms in total. The summed E-state index contributed by atoms with van der Waals surface area (Å²) in [7, 11) is 0. The van der Waals surface area contributed by atoms with Crippen LogP contribution in [0.2, 0.25) is 5.02 Å². The summed E-state index contributed by atoms with van der Waals surface area (Å²) in [6.45, 7) is -0.375. The highest BCUT2D eigenvalue weighted by Gasteiger charge is 2.36. The third-order valence-corrected chi connectivity index (χ3v) is 6.11. The van der Waals surface area contributed by atoms with Crippen molar-refractivity contribution in [2.75, 3.05) is 11.9 Å². The quantitative estimate of drug-likeness (QED) is 0.612. The lowest BCUT2D eigenvalue weighted by Gasteiger charge is -2.11. The van der Waals surface area contributed by atoms with Crippen molar-refractivity contribution in [3.63, 3.8) is 0 Å². The zero-order valence-electron chi connectivity index (χ0n) is 14.2. The lowest BCUT2D eigenvalue weighted by atomic mass is 10.2. The Hall–Kier alpha value is -2.68. The average molecular weight is 430 g/mol. The van der Waals surface area contributed by atoms with Gasteiger partial charge in [-0.2, -0.15) is 0 Å². The van der Waals surface area contributed by atoms with Gasteiger partial charge in [-0.05, 0) is 41.6 Å². The molecule has 0 bridgehead atoms. The minimum Gasteiger partial charge on any atom is -0.300 e. The van der Waals surface area contributed by atoms with Crippen molar-refractivity contribution in [3.05, 3.63) is 64.0 Å². The lowest BCUT2D eigenvalue weighted by molar-refractivity contribution is -0.127. The molecule has 0 radical (unpaired) electrons. The number of rotatable bonds is 4. The van der Waals surface area contributed by atoms with Crippen LogP contribution < -0.4 is 5.32 Å². The first-order valence-electron chi connectivity index (χ1n) is 8.16. The minimum atomic E-state index is -0.519. The molecule has 0 saturated carbocycles. The van der Waals surface area contributed by atoms with Crippen molar-refractivity contribution >= 4 is 73.2 Å². The fourth-order valence-corrected chi connectivity index (χ4v) is 4.50. The summed E-state index contributed by atoms with van der Waals surface area (Å²) < 4.78 is 0.937. The normalized spacial score (nSPS) is 15.6. The molecule has 2 heterocycles. The second-order valence-corrected chi connectivity index (χ2v) is 8.26. The van der Waals surface area contributed by atoms with E-state index in [4.69, 9.17) is 11.6 Å². The number of anilines is 1. The van der Waals surface area contributed by atoms with Crippen molar-refractivity contribution in [2.45, 2.75) is 0 Å². The van der Waals surface area contributed by atoms with Crippen molar-refractivity contribution in [2.24, 2.45) is 0 Å². The standard InChI is InChI=1S/C19H12ClN3O3S2/c20-12-6-2-1-5-11(12)9-15-17(25)23(19(26)28-15)10-16(24)22-18-21-13-7-3-4-8-14(13)27-18/h1-9H,10H2,(H,21,22,24). The van der Waals surface area contributed by atoms with E-state index in [2.05, 4.69) is 10.3 Å². The van der Waals surface area contributed by atoms with Gasteiger partial charge < -0.3 is 5.32 Å². The van der Waals surface area contributed by atoms with Gasteiger partial charge in [0.2, 0.25) is 5.91 Å². The number of carbonyl (C=O) groups is 3. The number of carbonyl (C=O) groups excluding carboxylic acids is 3. The van der Waals surface area contributed by atoms with Crippen LogP contribution in [0, 0.1) is 0 Å². The van der Waals surface area contributed by atoms with Gasteiger partial charge >= 0.3 is 0 Å². The highest BCUT2D eigenvalue weighted by atomic mass is 35.5. The number of aromatic nitrogens is 1. The number of benzene rings is 2. The Balaban J connectivity index is 1.47. The Bertz CT molecular complexity index is 1110. The number of para-hydroxylation sites is 1. The second-order valence-electron chi connectivity index (χ2n) is 5.82. The maximum absolute atomic E-state index is 12.5. The summed E-state index contributed by atoms with van der Waals surface area (Å²) in [5.41, 5.74) is 1.41. The first kappa shape index (κ1) is 18.7. The predicted octanol–water partition coefficient (Wildman–Crippen LogP) is 4.62. The van der Waals surface area contributed by atoms with Crippen molar-refractivity contribution < 1.29 is 14.4 Å². The van der Waals surface area contributed by atoms with Crippen LogP contribution in [0.3, 0.4) is 0 Å². The molecule has 4 rings (SSSR count). The number of thiazole rings is 1. The molecule has 1 aromatic heterocycles. The summed E-state index contributed by atoms with van der Waals surface area (Å²) in [5, 5.41) is 3.04. The molecule has 9 heteroatoms. The Morgan fingerprint density at radius 2 is 1.89 bits per heavy atom. The van der Waals surface area contributed by atoms with Gasteiger partial charge in [-0.15, -0.1) is 0 Å². The molecule has 140 valence electrons. The molecule has 1 N–H and O–H groups in total. The highest BCUT2D eigenvalue weighted by Crippen LogP contribution is 2.33. The molecule has 1 aliphatic heterocycles. The van der Waals surface area contributed by atoms with Crippen LogP contribution in [0.5, 0.6) is 0 Å². The van der Waals surface area contributed by atoms with Crippen molar-refractivity contribution in [3.8, 4) is 0 Å². The van der Waals surface area contributed by atoms with Crippen LogP contribution in [0.25, 0.3) is 16.3 Å². The molecule has 3 aromatic rings. The summed E-state index contributed by atoms with van der Waals surface area (Å²) in [4.78, 5) is 42.5. The molecule has 1 aliphatic rings. The Kier molecular flexibility index (Phi) is 5.17. The van der Waals surface area contributed by atoms with Crippen LogP contribution in [-0.4, -0.2) is 33.5 Å². The Labute approximate surface area is 173 Å². The number of fused-ring (bicyclic) bond motifs is 1. The summed E-state index contributed by atoms with van der Waals surface area (Å²) in [6, 6.07) is 14.5. The third kappa shape index (κ3) is 3.80. The Morgan fingerprint density at radius 3 is 2.68 bits per heavy atom. The van der Waals surface area contributed by atoms with Crippen LogP contribution in [0.4, 0.5) is 9.93 Å². The van der Waals surface area contributed by atoms with Gasteiger partial charge in [0.05, 0.1) is 15.1 Å². The fourth-order valence-electron chi connectivity index (χ4n) is 2.60. The molecular weight excluding hydrogens is 418 g/mol. The monoisotopic (exact) mass is 429 g/mol. The molecule has 0 unspecified atom stereocenters. The molecule has 1 fully saturated rings. The van der Waals surface area contributed by atoms with Gasteiger partial charge in [0, 0.05) is 5.02 Å².